The highest BCUT2D eigenvalue weighted by Gasteiger charge is 2.17. The summed E-state index contributed by atoms with van der Waals surface area (Å²) in [7, 11) is 0. The molecule has 27 heavy (non-hydrogen) atoms. The van der Waals surface area contributed by atoms with Gasteiger partial charge in [0, 0.05) is 22.7 Å². The highest BCUT2D eigenvalue weighted by atomic mass is 35.5. The Morgan fingerprint density at radius 1 is 1.19 bits per heavy atom. The second kappa shape index (κ2) is 9.20. The van der Waals surface area contributed by atoms with E-state index in [-0.39, 0.29) is 17.8 Å². The molecule has 1 amide bonds. The van der Waals surface area contributed by atoms with Crippen LogP contribution in [0.4, 0.5) is 11.4 Å². The number of ether oxygens (including phenoxy) is 1. The minimum Gasteiger partial charge on any atom is -0.452 e. The average molecular weight is 412 g/mol. The topological polar surface area (TPSA) is 125 Å². The van der Waals surface area contributed by atoms with Gasteiger partial charge in [0.2, 0.25) is 0 Å². The van der Waals surface area contributed by atoms with Gasteiger partial charge in [0.15, 0.2) is 6.61 Å². The number of nitrogens with two attached hydrogens (primary N) is 1. The number of nitro benzene ring substituents is 1. The van der Waals surface area contributed by atoms with Crippen molar-refractivity contribution < 1.29 is 19.2 Å². The smallest absolute Gasteiger partial charge is 0.338 e. The Kier molecular flexibility index (Phi) is 6.98. The normalized spacial score (nSPS) is 10.3. The van der Waals surface area contributed by atoms with Gasteiger partial charge in [-0.1, -0.05) is 29.3 Å². The van der Waals surface area contributed by atoms with Gasteiger partial charge in [0.1, 0.15) is 5.69 Å². The van der Waals surface area contributed by atoms with Gasteiger partial charge in [-0.05, 0) is 36.2 Å². The van der Waals surface area contributed by atoms with Crippen LogP contribution in [0.2, 0.25) is 10.0 Å². The van der Waals surface area contributed by atoms with Crippen molar-refractivity contribution in [3.05, 3.63) is 67.7 Å². The molecule has 2 aromatic carbocycles. The molecule has 8 nitrogen and oxygen atoms in total. The maximum Gasteiger partial charge on any atom is 0.338 e. The molecule has 0 fully saturated rings. The summed E-state index contributed by atoms with van der Waals surface area (Å²) >= 11 is 11.8. The summed E-state index contributed by atoms with van der Waals surface area (Å²) in [6.45, 7) is -0.240. The Balaban J connectivity index is 1.82. The van der Waals surface area contributed by atoms with E-state index in [9.17, 15) is 19.7 Å². The Bertz CT molecular complexity index is 889. The summed E-state index contributed by atoms with van der Waals surface area (Å²) in [4.78, 5) is 33.8. The van der Waals surface area contributed by atoms with E-state index in [1.165, 1.54) is 12.1 Å². The van der Waals surface area contributed by atoms with E-state index in [4.69, 9.17) is 33.7 Å². The van der Waals surface area contributed by atoms with E-state index in [1.807, 2.05) is 0 Å². The van der Waals surface area contributed by atoms with Crippen molar-refractivity contribution in [1.29, 1.82) is 0 Å². The van der Waals surface area contributed by atoms with Crippen LogP contribution < -0.4 is 11.1 Å². The fourth-order valence-corrected chi connectivity index (χ4v) is 2.66. The molecule has 10 heteroatoms. The van der Waals surface area contributed by atoms with Crippen molar-refractivity contribution >= 4 is 46.5 Å². The monoisotopic (exact) mass is 411 g/mol. The number of carbonyl (C=O) groups excluding carboxylic acids is 2. The largest absolute Gasteiger partial charge is 0.452 e. The molecule has 0 aromatic heterocycles. The second-order valence-electron chi connectivity index (χ2n) is 5.44. The molecule has 2 rings (SSSR count). The van der Waals surface area contributed by atoms with Crippen molar-refractivity contribution in [3.63, 3.8) is 0 Å². The first-order chi connectivity index (χ1) is 12.8. The lowest BCUT2D eigenvalue weighted by atomic mass is 10.1. The second-order valence-corrected chi connectivity index (χ2v) is 6.29. The van der Waals surface area contributed by atoms with Crippen LogP contribution in [0.25, 0.3) is 0 Å². The highest BCUT2D eigenvalue weighted by molar-refractivity contribution is 6.35. The predicted molar refractivity (Wildman–Crippen MR) is 101 cm³/mol. The van der Waals surface area contributed by atoms with Crippen LogP contribution in [0.15, 0.2) is 36.4 Å². The number of hydrogen-bond donors (Lipinski definition) is 2. The molecular weight excluding hydrogens is 397 g/mol. The Labute approximate surface area is 164 Å². The number of amides is 1. The van der Waals surface area contributed by atoms with Gasteiger partial charge in [0.25, 0.3) is 11.6 Å². The summed E-state index contributed by atoms with van der Waals surface area (Å²) in [6.07, 6.45) is 0.472. The van der Waals surface area contributed by atoms with Crippen LogP contribution in [0, 0.1) is 10.1 Å². The maximum absolute atomic E-state index is 11.9. The van der Waals surface area contributed by atoms with Gasteiger partial charge >= 0.3 is 5.97 Å². The van der Waals surface area contributed by atoms with Crippen molar-refractivity contribution in [2.75, 3.05) is 18.9 Å². The summed E-state index contributed by atoms with van der Waals surface area (Å²) in [5.74, 6) is -1.38. The van der Waals surface area contributed by atoms with Crippen LogP contribution in [0.3, 0.4) is 0 Å². The minimum absolute atomic E-state index is 0.0725. The van der Waals surface area contributed by atoms with E-state index >= 15 is 0 Å². The zero-order chi connectivity index (χ0) is 20.0. The number of rotatable bonds is 7. The number of anilines is 1. The van der Waals surface area contributed by atoms with Crippen molar-refractivity contribution in [3.8, 4) is 0 Å². The molecule has 0 spiro atoms. The van der Waals surface area contributed by atoms with Crippen LogP contribution >= 0.6 is 23.2 Å². The molecule has 0 bridgehead atoms. The summed E-state index contributed by atoms with van der Waals surface area (Å²) < 4.78 is 4.85. The molecule has 0 unspecified atom stereocenters. The lowest BCUT2D eigenvalue weighted by Gasteiger charge is -2.08. The Hall–Kier alpha value is -2.84. The summed E-state index contributed by atoms with van der Waals surface area (Å²) in [5, 5.41) is 14.4. The van der Waals surface area contributed by atoms with E-state index in [2.05, 4.69) is 5.32 Å². The number of hydrogen-bond acceptors (Lipinski definition) is 6. The van der Waals surface area contributed by atoms with Gasteiger partial charge < -0.3 is 15.8 Å². The first-order valence-corrected chi connectivity index (χ1v) is 8.45. The number of nitro groups is 1. The van der Waals surface area contributed by atoms with Crippen LogP contribution in [0.1, 0.15) is 15.9 Å². The molecule has 0 saturated carbocycles. The van der Waals surface area contributed by atoms with Gasteiger partial charge in [-0.3, -0.25) is 14.9 Å². The lowest BCUT2D eigenvalue weighted by molar-refractivity contribution is -0.383. The molecule has 0 atom stereocenters. The highest BCUT2D eigenvalue weighted by Crippen LogP contribution is 2.23. The minimum atomic E-state index is -0.867. The Morgan fingerprint density at radius 2 is 1.93 bits per heavy atom. The van der Waals surface area contributed by atoms with Crippen molar-refractivity contribution in [2.45, 2.75) is 6.42 Å². The SMILES string of the molecule is Nc1ccc(C(=O)OCC(=O)NCCc2ccc(Cl)cc2Cl)cc1[N+](=O)[O-]. The van der Waals surface area contributed by atoms with Crippen LogP contribution in [-0.4, -0.2) is 30.0 Å². The van der Waals surface area contributed by atoms with Crippen molar-refractivity contribution in [1.82, 2.24) is 5.32 Å². The molecule has 0 heterocycles. The van der Waals surface area contributed by atoms with E-state index in [0.717, 1.165) is 11.6 Å². The van der Waals surface area contributed by atoms with Gasteiger partial charge in [-0.25, -0.2) is 4.79 Å². The lowest BCUT2D eigenvalue weighted by Crippen LogP contribution is -2.30. The van der Waals surface area contributed by atoms with E-state index in [0.29, 0.717) is 16.5 Å². The van der Waals surface area contributed by atoms with Crippen LogP contribution in [-0.2, 0) is 16.0 Å². The number of benzene rings is 2. The zero-order valence-electron chi connectivity index (χ0n) is 13.9. The van der Waals surface area contributed by atoms with E-state index in [1.54, 1.807) is 18.2 Å². The third-order valence-corrected chi connectivity index (χ3v) is 4.12. The van der Waals surface area contributed by atoms with Gasteiger partial charge in [-0.2, -0.15) is 0 Å². The third-order valence-electron chi connectivity index (χ3n) is 3.53. The van der Waals surface area contributed by atoms with Crippen LogP contribution in [0.5, 0.6) is 0 Å². The molecule has 0 aliphatic carbocycles. The zero-order valence-corrected chi connectivity index (χ0v) is 15.4. The molecule has 0 aliphatic rings. The molecule has 2 aromatic rings. The van der Waals surface area contributed by atoms with Gasteiger partial charge in [-0.15, -0.1) is 0 Å². The molecule has 0 saturated heterocycles. The van der Waals surface area contributed by atoms with E-state index < -0.39 is 29.1 Å². The quantitative estimate of drug-likeness (QED) is 0.312. The predicted octanol–water partition coefficient (Wildman–Crippen LogP) is 3.00. The third kappa shape index (κ3) is 5.83. The Morgan fingerprint density at radius 3 is 2.59 bits per heavy atom. The number of esters is 1. The molecular formula is C17H15Cl2N3O5. The fraction of sp³-hybridized carbons (Fsp3) is 0.176. The number of carbonyl (C=O) groups is 2. The fourth-order valence-electron chi connectivity index (χ4n) is 2.16. The number of nitrogens with one attached hydrogen (secondary N) is 1. The number of nitrogens with zero attached hydrogens (tertiary/aromatic N) is 1. The van der Waals surface area contributed by atoms with Crippen molar-refractivity contribution in [2.24, 2.45) is 0 Å². The first kappa shape index (κ1) is 20.5. The average Bonchev–Trinajstić information content (AvgIpc) is 2.61. The number of halogens is 2. The summed E-state index contributed by atoms with van der Waals surface area (Å²) in [5.41, 5.74) is 5.72. The molecule has 142 valence electrons. The molecule has 0 radical (unpaired) electrons. The van der Waals surface area contributed by atoms with Gasteiger partial charge in [0.05, 0.1) is 10.5 Å². The molecule has 0 aliphatic heterocycles. The maximum atomic E-state index is 11.9. The summed E-state index contributed by atoms with van der Waals surface area (Å²) in [6, 6.07) is 8.56. The standard InChI is InChI=1S/C17H15Cl2N3O5/c18-12-3-1-10(13(19)8-12)5-6-21-16(23)9-27-17(24)11-2-4-14(20)15(7-11)22(25)26/h1-4,7-8H,5-6,9,20H2,(H,21,23). The first-order valence-electron chi connectivity index (χ1n) is 7.69. The molecule has 3 N–H and O–H groups in total. The number of nitrogen functional groups attached to an aromatic ring is 1.